The highest BCUT2D eigenvalue weighted by Gasteiger charge is 2.18. The Hall–Kier alpha value is -1.71. The maximum Gasteiger partial charge on any atom is 0.167 e. The van der Waals surface area contributed by atoms with Crippen molar-refractivity contribution in [3.05, 3.63) is 35.0 Å². The summed E-state index contributed by atoms with van der Waals surface area (Å²) in [5, 5.41) is 0.904. The van der Waals surface area contributed by atoms with Gasteiger partial charge < -0.3 is 4.74 Å². The topological polar surface area (TPSA) is 47.4 Å². The summed E-state index contributed by atoms with van der Waals surface area (Å²) in [6, 6.07) is 0. The smallest absolute Gasteiger partial charge is 0.167 e. The Morgan fingerprint density at radius 3 is 3.42 bits per heavy atom. The Bertz CT molecular complexity index is 489. The molecule has 0 bridgehead atoms. The van der Waals surface area contributed by atoms with Crippen molar-refractivity contribution in [2.45, 2.75) is 0 Å². The van der Waals surface area contributed by atoms with E-state index in [0.29, 0.717) is 12.1 Å². The van der Waals surface area contributed by atoms with Crippen molar-refractivity contribution in [3.63, 3.8) is 0 Å². The molecule has 0 saturated carbocycles. The summed E-state index contributed by atoms with van der Waals surface area (Å²) < 4.78 is 5.35. The number of rotatable bonds is 0. The number of hydrogen-bond donors (Lipinski definition) is 0. The molecule has 1 aromatic rings. The molecular formula is C8H5N3O. The zero-order valence-electron chi connectivity index (χ0n) is 6.19. The second-order valence-corrected chi connectivity index (χ2v) is 2.60. The zero-order valence-corrected chi connectivity index (χ0v) is 6.19. The summed E-state index contributed by atoms with van der Waals surface area (Å²) in [6.45, 7) is 0.614. The van der Waals surface area contributed by atoms with E-state index < -0.39 is 0 Å². The number of fused-ring (bicyclic) bond motifs is 2. The van der Waals surface area contributed by atoms with Gasteiger partial charge in [-0.1, -0.05) is 0 Å². The third-order valence-corrected chi connectivity index (χ3v) is 1.90. The van der Waals surface area contributed by atoms with Gasteiger partial charge in [-0.05, 0) is 6.08 Å². The van der Waals surface area contributed by atoms with Crippen LogP contribution in [0.25, 0.3) is 5.76 Å². The number of aromatic nitrogens is 2. The zero-order chi connectivity index (χ0) is 7.97. The van der Waals surface area contributed by atoms with E-state index in [1.807, 2.05) is 6.08 Å². The Labute approximate surface area is 67.9 Å². The van der Waals surface area contributed by atoms with Crippen molar-refractivity contribution in [1.82, 2.24) is 9.97 Å². The lowest BCUT2D eigenvalue weighted by Crippen LogP contribution is -2.27. The first-order valence-corrected chi connectivity index (χ1v) is 3.67. The van der Waals surface area contributed by atoms with Crippen LogP contribution in [0.2, 0.25) is 0 Å². The van der Waals surface area contributed by atoms with Gasteiger partial charge in [-0.15, -0.1) is 0 Å². The van der Waals surface area contributed by atoms with Crippen molar-refractivity contribution in [2.75, 3.05) is 6.61 Å². The maximum atomic E-state index is 5.35. The van der Waals surface area contributed by atoms with E-state index in [1.165, 1.54) is 6.33 Å². The molecule has 0 spiro atoms. The molecule has 2 aliphatic rings. The fourth-order valence-electron chi connectivity index (χ4n) is 1.37. The summed E-state index contributed by atoms with van der Waals surface area (Å²) >= 11 is 0. The summed E-state index contributed by atoms with van der Waals surface area (Å²) in [6.07, 6.45) is 5.16. The second kappa shape index (κ2) is 1.91. The number of ether oxygens (including phenoxy) is 1. The van der Waals surface area contributed by atoms with Crippen molar-refractivity contribution in [3.8, 4) is 0 Å². The van der Waals surface area contributed by atoms with Gasteiger partial charge in [0.25, 0.3) is 0 Å². The molecule has 1 aromatic heterocycles. The lowest BCUT2D eigenvalue weighted by Gasteiger charge is -1.93. The largest absolute Gasteiger partial charge is 0.486 e. The molecule has 3 heterocycles. The number of hydrogen-bond acceptors (Lipinski definition) is 4. The van der Waals surface area contributed by atoms with Crippen LogP contribution >= 0.6 is 0 Å². The van der Waals surface area contributed by atoms with Crippen LogP contribution in [0.4, 0.5) is 0 Å². The first-order chi connectivity index (χ1) is 5.95. The van der Waals surface area contributed by atoms with Gasteiger partial charge in [0.15, 0.2) is 11.2 Å². The summed E-state index contributed by atoms with van der Waals surface area (Å²) in [7, 11) is 0. The van der Waals surface area contributed by atoms with Gasteiger partial charge in [0.1, 0.15) is 18.6 Å². The lowest BCUT2D eigenvalue weighted by molar-refractivity contribution is 0.333. The third-order valence-electron chi connectivity index (χ3n) is 1.90. The van der Waals surface area contributed by atoms with E-state index in [1.54, 1.807) is 6.20 Å². The maximum absolute atomic E-state index is 5.35. The number of nitrogens with zero attached hydrogens (tertiary/aromatic N) is 3. The predicted octanol–water partition coefficient (Wildman–Crippen LogP) is -0.868. The van der Waals surface area contributed by atoms with Gasteiger partial charge in [0.05, 0.1) is 5.22 Å². The molecule has 0 atom stereocenters. The fourth-order valence-corrected chi connectivity index (χ4v) is 1.37. The molecule has 0 radical (unpaired) electrons. The monoisotopic (exact) mass is 159 g/mol. The van der Waals surface area contributed by atoms with Crippen LogP contribution < -0.4 is 10.7 Å². The Balaban J connectivity index is 2.52. The van der Waals surface area contributed by atoms with Gasteiger partial charge in [0, 0.05) is 6.20 Å². The molecule has 0 amide bonds. The second-order valence-electron chi connectivity index (χ2n) is 2.60. The molecule has 2 aliphatic heterocycles. The van der Waals surface area contributed by atoms with Gasteiger partial charge in [0.2, 0.25) is 0 Å². The van der Waals surface area contributed by atoms with Gasteiger partial charge in [-0.3, -0.25) is 0 Å². The third kappa shape index (κ3) is 0.592. The van der Waals surface area contributed by atoms with Crippen LogP contribution in [0.5, 0.6) is 0 Å². The Morgan fingerprint density at radius 2 is 2.42 bits per heavy atom. The van der Waals surface area contributed by atoms with Crippen molar-refractivity contribution in [1.29, 1.82) is 0 Å². The molecule has 0 aliphatic carbocycles. The molecule has 4 heteroatoms. The normalized spacial score (nSPS) is 17.7. The Morgan fingerprint density at radius 1 is 1.42 bits per heavy atom. The molecule has 0 fully saturated rings. The SMILES string of the molecule is C1=C2N=c3ncncc3=C2OC1. The van der Waals surface area contributed by atoms with Crippen LogP contribution in [0.1, 0.15) is 0 Å². The van der Waals surface area contributed by atoms with Gasteiger partial charge in [-0.25, -0.2) is 15.0 Å². The van der Waals surface area contributed by atoms with Crippen molar-refractivity contribution in [2.24, 2.45) is 4.99 Å². The lowest BCUT2D eigenvalue weighted by atomic mass is 10.3. The minimum atomic E-state index is 0.614. The molecule has 4 nitrogen and oxygen atoms in total. The minimum absolute atomic E-state index is 0.614. The standard InChI is InChI=1S/C8H5N3O/c1-2-12-7-5-3-9-4-10-8(5)11-6(1)7/h1,3-4H,2H2. The predicted molar refractivity (Wildman–Crippen MR) is 40.3 cm³/mol. The molecule has 0 saturated heterocycles. The average molecular weight is 159 g/mol. The molecule has 12 heavy (non-hydrogen) atoms. The molecule has 0 aromatic carbocycles. The Kier molecular flexibility index (Phi) is 0.935. The van der Waals surface area contributed by atoms with Crippen LogP contribution in [0.3, 0.4) is 0 Å². The molecule has 0 N–H and O–H groups in total. The van der Waals surface area contributed by atoms with Crippen LogP contribution in [0, 0.1) is 0 Å². The van der Waals surface area contributed by atoms with E-state index in [2.05, 4.69) is 15.0 Å². The van der Waals surface area contributed by atoms with Crippen molar-refractivity contribution < 1.29 is 4.74 Å². The summed E-state index contributed by atoms with van der Waals surface area (Å²) in [4.78, 5) is 12.2. The van der Waals surface area contributed by atoms with Crippen molar-refractivity contribution >= 4 is 5.76 Å². The quantitative estimate of drug-likeness (QED) is 0.494. The molecule has 3 rings (SSSR count). The molecule has 0 unspecified atom stereocenters. The first kappa shape index (κ1) is 5.88. The highest BCUT2D eigenvalue weighted by Crippen LogP contribution is 2.19. The van der Waals surface area contributed by atoms with E-state index in [-0.39, 0.29) is 0 Å². The first-order valence-electron chi connectivity index (χ1n) is 3.67. The molecular weight excluding hydrogens is 154 g/mol. The van der Waals surface area contributed by atoms with E-state index in [9.17, 15) is 0 Å². The highest BCUT2D eigenvalue weighted by molar-refractivity contribution is 5.61. The van der Waals surface area contributed by atoms with Crippen LogP contribution in [0.15, 0.2) is 29.3 Å². The van der Waals surface area contributed by atoms with E-state index in [0.717, 1.165) is 16.7 Å². The van der Waals surface area contributed by atoms with E-state index in [4.69, 9.17) is 4.74 Å². The van der Waals surface area contributed by atoms with E-state index >= 15 is 0 Å². The fraction of sp³-hybridized carbons (Fsp3) is 0.125. The van der Waals surface area contributed by atoms with Crippen LogP contribution in [-0.2, 0) is 4.74 Å². The average Bonchev–Trinajstić information content (AvgIpc) is 2.62. The summed E-state index contributed by atoms with van der Waals surface area (Å²) in [5.41, 5.74) is 1.61. The molecule has 58 valence electrons. The highest BCUT2D eigenvalue weighted by atomic mass is 16.5. The van der Waals surface area contributed by atoms with Crippen LogP contribution in [-0.4, -0.2) is 16.6 Å². The summed E-state index contributed by atoms with van der Waals surface area (Å²) in [5.74, 6) is 0.825. The minimum Gasteiger partial charge on any atom is -0.486 e. The van der Waals surface area contributed by atoms with Gasteiger partial charge in [-0.2, -0.15) is 0 Å². The van der Waals surface area contributed by atoms with Gasteiger partial charge >= 0.3 is 0 Å².